The van der Waals surface area contributed by atoms with Crippen LogP contribution in [0, 0.1) is 0 Å². The lowest BCUT2D eigenvalue weighted by molar-refractivity contribution is 0.0927. The SMILES string of the molecule is CCCCCOCCCCCNNC(=O)c1ccc(CNC(=O)c2cocn2)cc1. The van der Waals surface area contributed by atoms with Gasteiger partial charge in [-0.3, -0.25) is 15.0 Å². The number of oxazole rings is 1. The highest BCUT2D eigenvalue weighted by atomic mass is 16.5. The zero-order chi connectivity index (χ0) is 21.4. The number of aromatic nitrogens is 1. The van der Waals surface area contributed by atoms with Gasteiger partial charge in [-0.2, -0.15) is 0 Å². The molecule has 0 spiro atoms. The van der Waals surface area contributed by atoms with Gasteiger partial charge in [0.1, 0.15) is 6.26 Å². The maximum Gasteiger partial charge on any atom is 0.273 e. The summed E-state index contributed by atoms with van der Waals surface area (Å²) in [5.74, 6) is -0.495. The Morgan fingerprint density at radius 3 is 2.47 bits per heavy atom. The Bertz CT molecular complexity index is 732. The normalized spacial score (nSPS) is 10.7. The van der Waals surface area contributed by atoms with Gasteiger partial charge in [-0.05, 0) is 43.4 Å². The number of hydrogen-bond acceptors (Lipinski definition) is 6. The van der Waals surface area contributed by atoms with Crippen LogP contribution in [0.2, 0.25) is 0 Å². The first-order valence-electron chi connectivity index (χ1n) is 10.6. The summed E-state index contributed by atoms with van der Waals surface area (Å²) in [5, 5.41) is 2.74. The number of hydrogen-bond donors (Lipinski definition) is 3. The quantitative estimate of drug-likeness (QED) is 0.304. The summed E-state index contributed by atoms with van der Waals surface area (Å²) in [5.41, 5.74) is 7.33. The topological polar surface area (TPSA) is 105 Å². The first-order valence-corrected chi connectivity index (χ1v) is 10.6. The van der Waals surface area contributed by atoms with Gasteiger partial charge in [0, 0.05) is 31.9 Å². The van der Waals surface area contributed by atoms with E-state index in [4.69, 9.17) is 9.15 Å². The van der Waals surface area contributed by atoms with Crippen molar-refractivity contribution in [3.8, 4) is 0 Å². The van der Waals surface area contributed by atoms with Crippen LogP contribution in [-0.2, 0) is 11.3 Å². The summed E-state index contributed by atoms with van der Waals surface area (Å²) in [4.78, 5) is 27.8. The monoisotopic (exact) mass is 416 g/mol. The van der Waals surface area contributed by atoms with Crippen molar-refractivity contribution in [1.29, 1.82) is 0 Å². The Morgan fingerprint density at radius 2 is 1.77 bits per heavy atom. The lowest BCUT2D eigenvalue weighted by atomic mass is 10.1. The molecule has 8 nitrogen and oxygen atoms in total. The number of hydrazine groups is 1. The number of unbranched alkanes of at least 4 members (excludes halogenated alkanes) is 4. The van der Waals surface area contributed by atoms with E-state index in [-0.39, 0.29) is 17.5 Å². The van der Waals surface area contributed by atoms with Crippen molar-refractivity contribution >= 4 is 11.8 Å². The largest absolute Gasteiger partial charge is 0.451 e. The van der Waals surface area contributed by atoms with E-state index in [0.717, 1.165) is 44.5 Å². The molecule has 1 aromatic heterocycles. The third-order valence-electron chi connectivity index (χ3n) is 4.52. The fourth-order valence-electron chi connectivity index (χ4n) is 2.74. The Labute approximate surface area is 177 Å². The average molecular weight is 417 g/mol. The Kier molecular flexibility index (Phi) is 11.2. The molecule has 2 aromatic rings. The zero-order valence-corrected chi connectivity index (χ0v) is 17.6. The lowest BCUT2D eigenvalue weighted by Gasteiger charge is -2.08. The van der Waals surface area contributed by atoms with Gasteiger partial charge < -0.3 is 14.5 Å². The van der Waals surface area contributed by atoms with E-state index in [0.29, 0.717) is 18.7 Å². The van der Waals surface area contributed by atoms with Crippen LogP contribution in [0.25, 0.3) is 0 Å². The van der Waals surface area contributed by atoms with Gasteiger partial charge in [0.05, 0.1) is 0 Å². The van der Waals surface area contributed by atoms with Crippen molar-refractivity contribution in [3.63, 3.8) is 0 Å². The molecule has 2 rings (SSSR count). The number of nitrogens with one attached hydrogen (secondary N) is 3. The first-order chi connectivity index (χ1) is 14.7. The summed E-state index contributed by atoms with van der Waals surface area (Å²) >= 11 is 0. The van der Waals surface area contributed by atoms with Crippen molar-refractivity contribution in [2.45, 2.75) is 52.0 Å². The van der Waals surface area contributed by atoms with Crippen molar-refractivity contribution < 1.29 is 18.7 Å². The minimum absolute atomic E-state index is 0.188. The number of nitrogens with zero attached hydrogens (tertiary/aromatic N) is 1. The molecule has 30 heavy (non-hydrogen) atoms. The summed E-state index contributed by atoms with van der Waals surface area (Å²) in [6.45, 7) is 4.91. The molecule has 0 fully saturated rings. The van der Waals surface area contributed by atoms with Crippen LogP contribution >= 0.6 is 0 Å². The predicted molar refractivity (Wildman–Crippen MR) is 114 cm³/mol. The molecule has 1 aromatic carbocycles. The third kappa shape index (κ3) is 9.19. The molecule has 0 unspecified atom stereocenters. The van der Waals surface area contributed by atoms with Crippen molar-refractivity contribution in [2.75, 3.05) is 19.8 Å². The smallest absolute Gasteiger partial charge is 0.273 e. The Morgan fingerprint density at radius 1 is 1.00 bits per heavy atom. The van der Waals surface area contributed by atoms with E-state index in [9.17, 15) is 9.59 Å². The van der Waals surface area contributed by atoms with Gasteiger partial charge in [-0.25, -0.2) is 10.4 Å². The summed E-state index contributed by atoms with van der Waals surface area (Å²) < 4.78 is 10.4. The van der Waals surface area contributed by atoms with E-state index in [1.165, 1.54) is 25.5 Å². The third-order valence-corrected chi connectivity index (χ3v) is 4.52. The summed E-state index contributed by atoms with van der Waals surface area (Å²) in [7, 11) is 0. The van der Waals surface area contributed by atoms with Crippen LogP contribution in [0.15, 0.2) is 41.3 Å². The van der Waals surface area contributed by atoms with Crippen LogP contribution in [0.4, 0.5) is 0 Å². The highest BCUT2D eigenvalue weighted by Crippen LogP contribution is 2.05. The molecular weight excluding hydrogens is 384 g/mol. The average Bonchev–Trinajstić information content (AvgIpc) is 3.31. The maximum absolute atomic E-state index is 12.2. The second-order valence-electron chi connectivity index (χ2n) is 7.01. The number of benzene rings is 1. The van der Waals surface area contributed by atoms with E-state index in [2.05, 4.69) is 28.1 Å². The van der Waals surface area contributed by atoms with Crippen LogP contribution in [0.3, 0.4) is 0 Å². The molecule has 0 aliphatic heterocycles. The van der Waals surface area contributed by atoms with Crippen molar-refractivity contribution in [2.24, 2.45) is 0 Å². The van der Waals surface area contributed by atoms with Gasteiger partial charge in [-0.15, -0.1) is 0 Å². The molecule has 0 aliphatic rings. The molecule has 1 heterocycles. The molecule has 164 valence electrons. The molecular formula is C22H32N4O4. The van der Waals surface area contributed by atoms with Gasteiger partial charge in [-0.1, -0.05) is 31.9 Å². The molecule has 0 saturated heterocycles. The lowest BCUT2D eigenvalue weighted by Crippen LogP contribution is -2.37. The molecule has 0 aliphatic carbocycles. The molecule has 0 atom stereocenters. The number of amides is 2. The van der Waals surface area contributed by atoms with Gasteiger partial charge in [0.25, 0.3) is 11.8 Å². The fraction of sp³-hybridized carbons (Fsp3) is 0.500. The van der Waals surface area contributed by atoms with Crippen molar-refractivity contribution in [1.82, 2.24) is 21.2 Å². The fourth-order valence-corrected chi connectivity index (χ4v) is 2.74. The number of rotatable bonds is 15. The van der Waals surface area contributed by atoms with Gasteiger partial charge in [0.2, 0.25) is 0 Å². The van der Waals surface area contributed by atoms with E-state index in [1.54, 1.807) is 24.3 Å². The standard InChI is InChI=1S/C22H32N4O4/c1-2-3-6-13-29-14-7-4-5-12-25-26-21(27)19-10-8-18(9-11-19)15-23-22(28)20-16-30-17-24-20/h8-11,16-17,25H,2-7,12-15H2,1H3,(H,23,28)(H,26,27). The second kappa shape index (κ2) is 14.3. The number of carbonyl (C=O) groups is 2. The second-order valence-corrected chi connectivity index (χ2v) is 7.01. The summed E-state index contributed by atoms with van der Waals surface area (Å²) in [6, 6.07) is 7.06. The van der Waals surface area contributed by atoms with E-state index < -0.39 is 0 Å². The maximum atomic E-state index is 12.2. The summed E-state index contributed by atoms with van der Waals surface area (Å²) in [6.07, 6.45) is 9.16. The van der Waals surface area contributed by atoms with Crippen LogP contribution in [0.1, 0.15) is 71.9 Å². The molecule has 0 bridgehead atoms. The first kappa shape index (κ1) is 23.6. The minimum Gasteiger partial charge on any atom is -0.451 e. The van der Waals surface area contributed by atoms with Crippen LogP contribution in [0.5, 0.6) is 0 Å². The minimum atomic E-state index is -0.308. The van der Waals surface area contributed by atoms with Gasteiger partial charge >= 0.3 is 0 Å². The van der Waals surface area contributed by atoms with E-state index in [1.807, 2.05) is 0 Å². The van der Waals surface area contributed by atoms with Crippen molar-refractivity contribution in [3.05, 3.63) is 53.7 Å². The van der Waals surface area contributed by atoms with Gasteiger partial charge in [0.15, 0.2) is 12.1 Å². The highest BCUT2D eigenvalue weighted by Gasteiger charge is 2.09. The van der Waals surface area contributed by atoms with Crippen LogP contribution in [-0.4, -0.2) is 36.6 Å². The molecule has 3 N–H and O–H groups in total. The Balaban J connectivity index is 1.53. The molecule has 8 heteroatoms. The highest BCUT2D eigenvalue weighted by molar-refractivity contribution is 5.94. The molecule has 2 amide bonds. The Hall–Kier alpha value is -2.71. The number of carbonyl (C=O) groups excluding carboxylic acids is 2. The molecule has 0 radical (unpaired) electrons. The van der Waals surface area contributed by atoms with Crippen LogP contribution < -0.4 is 16.2 Å². The molecule has 0 saturated carbocycles. The van der Waals surface area contributed by atoms with E-state index >= 15 is 0 Å². The number of ether oxygens (including phenoxy) is 1. The predicted octanol–water partition coefficient (Wildman–Crippen LogP) is 3.22. The zero-order valence-electron chi connectivity index (χ0n) is 17.6.